The van der Waals surface area contributed by atoms with Gasteiger partial charge in [0.1, 0.15) is 22.6 Å². The van der Waals surface area contributed by atoms with E-state index in [0.29, 0.717) is 15.4 Å². The van der Waals surface area contributed by atoms with E-state index in [1.54, 1.807) is 11.4 Å². The minimum atomic E-state index is -3.96. The predicted octanol–water partition coefficient (Wildman–Crippen LogP) is 4.27. The van der Waals surface area contributed by atoms with Crippen LogP contribution in [0.15, 0.2) is 38.8 Å². The normalized spacial score (nSPS) is 12.0. The first-order valence-electron chi connectivity index (χ1n) is 7.37. The Morgan fingerprint density at radius 3 is 2.65 bits per heavy atom. The highest BCUT2D eigenvalue weighted by atomic mass is 32.3. The van der Waals surface area contributed by atoms with E-state index in [4.69, 9.17) is 8.92 Å². The number of fused-ring (bicyclic) bond motifs is 1. The molecular formula is C16H14N2O5S3. The van der Waals surface area contributed by atoms with Gasteiger partial charge in [-0.3, -0.25) is 0 Å². The molecule has 26 heavy (non-hydrogen) atoms. The number of thiazole rings is 1. The smallest absolute Gasteiger partial charge is 0.348 e. The van der Waals surface area contributed by atoms with Gasteiger partial charge in [0.05, 0.1) is 4.70 Å². The molecule has 0 saturated heterocycles. The van der Waals surface area contributed by atoms with Gasteiger partial charge in [0.2, 0.25) is 6.08 Å². The van der Waals surface area contributed by atoms with Crippen LogP contribution < -0.4 is 8.92 Å². The van der Waals surface area contributed by atoms with E-state index in [9.17, 15) is 13.2 Å². The number of aliphatic imine (C=N–C) groups is 1. The van der Waals surface area contributed by atoms with Crippen LogP contribution in [0.2, 0.25) is 0 Å². The second kappa shape index (κ2) is 6.81. The summed E-state index contributed by atoms with van der Waals surface area (Å²) in [4.78, 5) is 18.7. The lowest BCUT2D eigenvalue weighted by Crippen LogP contribution is -2.22. The first kappa shape index (κ1) is 18.5. The van der Waals surface area contributed by atoms with E-state index >= 15 is 0 Å². The van der Waals surface area contributed by atoms with Crippen molar-refractivity contribution in [3.8, 4) is 10.9 Å². The topological polar surface area (TPSA) is 94.9 Å². The van der Waals surface area contributed by atoms with Crippen LogP contribution in [-0.2, 0) is 14.9 Å². The van der Waals surface area contributed by atoms with Crippen LogP contribution in [0.4, 0.5) is 5.69 Å². The van der Waals surface area contributed by atoms with Crippen molar-refractivity contribution < 1.29 is 22.1 Å². The molecule has 0 N–H and O–H groups in total. The molecule has 0 atom stereocenters. The van der Waals surface area contributed by atoms with E-state index in [1.807, 2.05) is 20.8 Å². The number of rotatable bonds is 5. The predicted molar refractivity (Wildman–Crippen MR) is 99.9 cm³/mol. The fourth-order valence-corrected chi connectivity index (χ4v) is 4.93. The number of hydrogen-bond acceptors (Lipinski definition) is 9. The van der Waals surface area contributed by atoms with Crippen molar-refractivity contribution in [1.82, 2.24) is 4.98 Å². The highest BCUT2D eigenvalue weighted by Gasteiger charge is 2.21. The largest absolute Gasteiger partial charge is 0.464 e. The van der Waals surface area contributed by atoms with Crippen molar-refractivity contribution >= 4 is 54.8 Å². The Morgan fingerprint density at radius 1 is 1.27 bits per heavy atom. The average Bonchev–Trinajstić information content (AvgIpc) is 3.14. The molecule has 136 valence electrons. The molecule has 3 rings (SSSR count). The number of ether oxygens (including phenoxy) is 1. The Bertz CT molecular complexity index is 1090. The number of benzene rings is 1. The standard InChI is InChI=1S/C16H14N2O5S3/c1-16(2,3)22-15-18-14-11(17-9-19)7-10(8-12(14)25-15)23-26(20,21)13-5-4-6-24-13/h4-8H,1-3H3. The van der Waals surface area contributed by atoms with E-state index in [0.717, 1.165) is 11.3 Å². The van der Waals surface area contributed by atoms with Crippen LogP contribution >= 0.6 is 22.7 Å². The first-order chi connectivity index (χ1) is 12.2. The lowest BCUT2D eigenvalue weighted by Gasteiger charge is -2.18. The van der Waals surface area contributed by atoms with Crippen LogP contribution in [0, 0.1) is 0 Å². The summed E-state index contributed by atoms with van der Waals surface area (Å²) in [5.74, 6) is 0.0332. The van der Waals surface area contributed by atoms with Gasteiger partial charge in [-0.2, -0.15) is 13.4 Å². The molecule has 0 spiro atoms. The lowest BCUT2D eigenvalue weighted by molar-refractivity contribution is 0.130. The Kier molecular flexibility index (Phi) is 4.85. The zero-order valence-electron chi connectivity index (χ0n) is 14.0. The fourth-order valence-electron chi connectivity index (χ4n) is 2.03. The summed E-state index contributed by atoms with van der Waals surface area (Å²) < 4.78 is 36.2. The van der Waals surface area contributed by atoms with Crippen LogP contribution in [0.5, 0.6) is 10.9 Å². The zero-order chi connectivity index (χ0) is 18.9. The molecule has 3 aromatic rings. The Labute approximate surface area is 158 Å². The summed E-state index contributed by atoms with van der Waals surface area (Å²) >= 11 is 2.26. The maximum atomic E-state index is 12.3. The summed E-state index contributed by atoms with van der Waals surface area (Å²) in [6.07, 6.45) is 1.45. The molecule has 0 aliphatic carbocycles. The van der Waals surface area contributed by atoms with Crippen molar-refractivity contribution in [2.24, 2.45) is 4.99 Å². The van der Waals surface area contributed by atoms with E-state index in [2.05, 4.69) is 9.98 Å². The second-order valence-electron chi connectivity index (χ2n) is 6.16. The summed E-state index contributed by atoms with van der Waals surface area (Å²) in [6.45, 7) is 5.64. The molecule has 0 saturated carbocycles. The van der Waals surface area contributed by atoms with Crippen molar-refractivity contribution in [1.29, 1.82) is 0 Å². The summed E-state index contributed by atoms with van der Waals surface area (Å²) in [6, 6.07) is 5.92. The Balaban J connectivity index is 2.05. The number of aromatic nitrogens is 1. The average molecular weight is 410 g/mol. The van der Waals surface area contributed by atoms with Gasteiger partial charge < -0.3 is 8.92 Å². The maximum absolute atomic E-state index is 12.3. The minimum absolute atomic E-state index is 0.0332. The van der Waals surface area contributed by atoms with Crippen LogP contribution in [0.1, 0.15) is 20.8 Å². The molecule has 0 fully saturated rings. The highest BCUT2D eigenvalue weighted by Crippen LogP contribution is 2.39. The number of thiophene rings is 1. The summed E-state index contributed by atoms with van der Waals surface area (Å²) in [5, 5.41) is 2.02. The summed E-state index contributed by atoms with van der Waals surface area (Å²) in [5.41, 5.74) is 0.122. The molecule has 0 aliphatic rings. The molecule has 1 aromatic carbocycles. The molecular weight excluding hydrogens is 396 g/mol. The van der Waals surface area contributed by atoms with Crippen LogP contribution in [0.25, 0.3) is 10.2 Å². The van der Waals surface area contributed by atoms with Gasteiger partial charge in [0, 0.05) is 12.1 Å². The molecule has 2 aromatic heterocycles. The van der Waals surface area contributed by atoms with Gasteiger partial charge in [-0.25, -0.2) is 9.78 Å². The first-order valence-corrected chi connectivity index (χ1v) is 10.5. The quantitative estimate of drug-likeness (QED) is 0.354. The number of nitrogens with zero attached hydrogens (tertiary/aromatic N) is 2. The maximum Gasteiger partial charge on any atom is 0.348 e. The minimum Gasteiger partial charge on any atom is -0.464 e. The molecule has 0 amide bonds. The third kappa shape index (κ3) is 4.10. The second-order valence-corrected chi connectivity index (χ2v) is 9.87. The van der Waals surface area contributed by atoms with Crippen molar-refractivity contribution in [3.63, 3.8) is 0 Å². The van der Waals surface area contributed by atoms with Crippen molar-refractivity contribution in [2.45, 2.75) is 30.6 Å². The zero-order valence-corrected chi connectivity index (χ0v) is 16.5. The third-order valence-corrected chi connectivity index (χ3v) is 6.42. The van der Waals surface area contributed by atoms with E-state index in [-0.39, 0.29) is 15.6 Å². The monoisotopic (exact) mass is 410 g/mol. The molecule has 0 radical (unpaired) electrons. The molecule has 0 aliphatic heterocycles. The van der Waals surface area contributed by atoms with Crippen molar-refractivity contribution in [3.05, 3.63) is 29.6 Å². The molecule has 10 heteroatoms. The molecule has 0 bridgehead atoms. The van der Waals surface area contributed by atoms with Gasteiger partial charge in [0.25, 0.3) is 5.19 Å². The SMILES string of the molecule is CC(C)(C)Oc1nc2c(N=C=O)cc(OS(=O)(=O)c3cccs3)cc2s1. The Hall–Kier alpha value is -2.26. The van der Waals surface area contributed by atoms with Crippen LogP contribution in [0.3, 0.4) is 0 Å². The van der Waals surface area contributed by atoms with E-state index in [1.165, 1.54) is 35.6 Å². The highest BCUT2D eigenvalue weighted by molar-refractivity contribution is 7.89. The third-order valence-electron chi connectivity index (χ3n) is 2.94. The van der Waals surface area contributed by atoms with E-state index < -0.39 is 15.7 Å². The Morgan fingerprint density at radius 2 is 2.04 bits per heavy atom. The van der Waals surface area contributed by atoms with Gasteiger partial charge in [0.15, 0.2) is 4.21 Å². The van der Waals surface area contributed by atoms with Crippen LogP contribution in [-0.4, -0.2) is 25.1 Å². The number of hydrogen-bond donors (Lipinski definition) is 0. The van der Waals surface area contributed by atoms with Gasteiger partial charge >= 0.3 is 10.1 Å². The summed E-state index contributed by atoms with van der Waals surface area (Å²) in [7, 11) is -3.96. The van der Waals surface area contributed by atoms with Gasteiger partial charge in [-0.15, -0.1) is 11.3 Å². The fraction of sp³-hybridized carbons (Fsp3) is 0.250. The number of isocyanates is 1. The lowest BCUT2D eigenvalue weighted by atomic mass is 10.2. The number of carbonyl (C=O) groups excluding carboxylic acids is 1. The van der Waals surface area contributed by atoms with Gasteiger partial charge in [-0.05, 0) is 32.2 Å². The van der Waals surface area contributed by atoms with Gasteiger partial charge in [-0.1, -0.05) is 17.4 Å². The molecule has 7 nitrogen and oxygen atoms in total. The molecule has 0 unspecified atom stereocenters. The molecule has 2 heterocycles. The van der Waals surface area contributed by atoms with Crippen molar-refractivity contribution in [2.75, 3.05) is 0 Å².